The van der Waals surface area contributed by atoms with E-state index in [-0.39, 0.29) is 17.2 Å². The molecule has 1 heterocycles. The molecule has 1 unspecified atom stereocenters. The lowest BCUT2D eigenvalue weighted by molar-refractivity contribution is 0.212. The fraction of sp³-hybridized carbons (Fsp3) is 0.500. The molecule has 1 aromatic rings. The molecule has 1 saturated carbocycles. The Hall–Kier alpha value is -0.870. The summed E-state index contributed by atoms with van der Waals surface area (Å²) in [5.41, 5.74) is 6.94. The van der Waals surface area contributed by atoms with Crippen molar-refractivity contribution in [3.05, 3.63) is 29.8 Å². The van der Waals surface area contributed by atoms with Crippen molar-refractivity contribution in [1.29, 1.82) is 0 Å². The first kappa shape index (κ1) is 10.3. The fourth-order valence-corrected chi connectivity index (χ4v) is 4.84. The van der Waals surface area contributed by atoms with Crippen molar-refractivity contribution < 1.29 is 8.42 Å². The van der Waals surface area contributed by atoms with Crippen LogP contribution in [0.25, 0.3) is 0 Å². The molecule has 1 aliphatic carbocycles. The predicted octanol–water partition coefficient (Wildman–Crippen LogP) is 1.44. The van der Waals surface area contributed by atoms with Gasteiger partial charge in [-0.05, 0) is 30.9 Å². The van der Waals surface area contributed by atoms with Gasteiger partial charge >= 0.3 is 0 Å². The number of fused-ring (bicyclic) bond motifs is 1. The third kappa shape index (κ3) is 1.26. The lowest BCUT2D eigenvalue weighted by atomic mass is 9.67. The molecular formula is C12H15NO2S. The summed E-state index contributed by atoms with van der Waals surface area (Å²) in [4.78, 5) is 0.497. The third-order valence-corrected chi connectivity index (χ3v) is 5.81. The van der Waals surface area contributed by atoms with Crippen LogP contribution in [0, 0.1) is 0 Å². The van der Waals surface area contributed by atoms with Crippen LogP contribution in [0.4, 0.5) is 0 Å². The van der Waals surface area contributed by atoms with Gasteiger partial charge in [0.05, 0.1) is 10.6 Å². The van der Waals surface area contributed by atoms with E-state index in [1.165, 1.54) is 0 Å². The van der Waals surface area contributed by atoms with Gasteiger partial charge in [0, 0.05) is 11.5 Å². The second kappa shape index (κ2) is 3.08. The highest BCUT2D eigenvalue weighted by molar-refractivity contribution is 7.91. The van der Waals surface area contributed by atoms with Gasteiger partial charge in [-0.15, -0.1) is 0 Å². The first-order valence-corrected chi connectivity index (χ1v) is 7.29. The largest absolute Gasteiger partial charge is 0.325 e. The second-order valence-corrected chi connectivity index (χ2v) is 6.96. The van der Waals surface area contributed by atoms with E-state index >= 15 is 0 Å². The van der Waals surface area contributed by atoms with Crippen LogP contribution >= 0.6 is 0 Å². The molecule has 0 bridgehead atoms. The molecule has 1 aromatic carbocycles. The zero-order valence-corrected chi connectivity index (χ0v) is 9.83. The zero-order chi connectivity index (χ0) is 11.4. The van der Waals surface area contributed by atoms with Crippen molar-refractivity contribution in [3.8, 4) is 0 Å². The van der Waals surface area contributed by atoms with Crippen LogP contribution in [0.2, 0.25) is 0 Å². The lowest BCUT2D eigenvalue weighted by Crippen LogP contribution is -2.52. The Balaban J connectivity index is 2.13. The van der Waals surface area contributed by atoms with Gasteiger partial charge in [-0.25, -0.2) is 8.42 Å². The van der Waals surface area contributed by atoms with Gasteiger partial charge in [0.15, 0.2) is 9.84 Å². The molecule has 0 spiro atoms. The summed E-state index contributed by atoms with van der Waals surface area (Å²) in [5, 5.41) is 0. The third-order valence-electron chi connectivity index (χ3n) is 3.99. The van der Waals surface area contributed by atoms with E-state index in [1.54, 1.807) is 12.1 Å². The average Bonchev–Trinajstić information content (AvgIpc) is 2.49. The van der Waals surface area contributed by atoms with Crippen molar-refractivity contribution in [3.63, 3.8) is 0 Å². The number of benzene rings is 1. The van der Waals surface area contributed by atoms with E-state index in [1.807, 2.05) is 12.1 Å². The SMILES string of the molecule is NC1(C2CS(=O)(=O)c3ccccc32)CCC1. The highest BCUT2D eigenvalue weighted by Crippen LogP contribution is 2.47. The van der Waals surface area contributed by atoms with Gasteiger partial charge in [0.25, 0.3) is 0 Å². The molecular weight excluding hydrogens is 222 g/mol. The van der Waals surface area contributed by atoms with E-state index in [0.29, 0.717) is 4.90 Å². The molecule has 1 aliphatic heterocycles. The summed E-state index contributed by atoms with van der Waals surface area (Å²) >= 11 is 0. The summed E-state index contributed by atoms with van der Waals surface area (Å²) in [7, 11) is -3.09. The van der Waals surface area contributed by atoms with E-state index in [0.717, 1.165) is 24.8 Å². The Morgan fingerprint density at radius 2 is 1.94 bits per heavy atom. The quantitative estimate of drug-likeness (QED) is 0.804. The van der Waals surface area contributed by atoms with Crippen molar-refractivity contribution in [1.82, 2.24) is 0 Å². The van der Waals surface area contributed by atoms with Gasteiger partial charge in [0.2, 0.25) is 0 Å². The molecule has 2 aliphatic rings. The summed E-state index contributed by atoms with van der Waals surface area (Å²) in [5.74, 6) is 0.200. The smallest absolute Gasteiger partial charge is 0.179 e. The maximum Gasteiger partial charge on any atom is 0.179 e. The van der Waals surface area contributed by atoms with E-state index in [9.17, 15) is 8.42 Å². The lowest BCUT2D eigenvalue weighted by Gasteiger charge is -2.43. The van der Waals surface area contributed by atoms with Crippen LogP contribution in [-0.2, 0) is 9.84 Å². The molecule has 3 nitrogen and oxygen atoms in total. The summed E-state index contributed by atoms with van der Waals surface area (Å²) < 4.78 is 24.0. The normalized spacial score (nSPS) is 29.4. The summed E-state index contributed by atoms with van der Waals surface area (Å²) in [6, 6.07) is 7.29. The number of rotatable bonds is 1. The van der Waals surface area contributed by atoms with Gasteiger partial charge in [-0.3, -0.25) is 0 Å². The van der Waals surface area contributed by atoms with Crippen LogP contribution < -0.4 is 5.73 Å². The Morgan fingerprint density at radius 1 is 1.25 bits per heavy atom. The van der Waals surface area contributed by atoms with Crippen LogP contribution in [0.15, 0.2) is 29.2 Å². The van der Waals surface area contributed by atoms with Crippen LogP contribution in [0.1, 0.15) is 30.7 Å². The average molecular weight is 237 g/mol. The standard InChI is InChI=1S/C12H15NO2S/c13-12(6-3-7-12)10-8-16(14,15)11-5-2-1-4-9(10)11/h1-2,4-5,10H,3,6-8,13H2. The highest BCUT2D eigenvalue weighted by atomic mass is 32.2. The topological polar surface area (TPSA) is 60.2 Å². The maximum atomic E-state index is 12.0. The number of hydrogen-bond acceptors (Lipinski definition) is 3. The molecule has 0 saturated heterocycles. The van der Waals surface area contributed by atoms with E-state index in [4.69, 9.17) is 5.73 Å². The molecule has 1 atom stereocenters. The molecule has 0 aromatic heterocycles. The Labute approximate surface area is 95.6 Å². The number of hydrogen-bond donors (Lipinski definition) is 1. The molecule has 2 N–H and O–H groups in total. The van der Waals surface area contributed by atoms with Gasteiger partial charge < -0.3 is 5.73 Å². The molecule has 86 valence electrons. The Kier molecular flexibility index (Phi) is 1.98. The first-order valence-electron chi connectivity index (χ1n) is 5.63. The van der Waals surface area contributed by atoms with Crippen LogP contribution in [0.3, 0.4) is 0 Å². The number of nitrogens with two attached hydrogens (primary N) is 1. The fourth-order valence-electron chi connectivity index (χ4n) is 2.86. The highest BCUT2D eigenvalue weighted by Gasteiger charge is 2.48. The van der Waals surface area contributed by atoms with E-state index in [2.05, 4.69) is 0 Å². The Morgan fingerprint density at radius 3 is 2.56 bits per heavy atom. The molecule has 4 heteroatoms. The molecule has 16 heavy (non-hydrogen) atoms. The maximum absolute atomic E-state index is 12.0. The molecule has 0 amide bonds. The summed E-state index contributed by atoms with van der Waals surface area (Å²) in [6.07, 6.45) is 3.01. The predicted molar refractivity (Wildman–Crippen MR) is 62.0 cm³/mol. The second-order valence-electron chi connectivity index (χ2n) is 4.96. The first-order chi connectivity index (χ1) is 7.53. The van der Waals surface area contributed by atoms with Crippen molar-refractivity contribution in [2.45, 2.75) is 35.6 Å². The van der Waals surface area contributed by atoms with E-state index < -0.39 is 9.84 Å². The minimum atomic E-state index is -3.09. The van der Waals surface area contributed by atoms with Gasteiger partial charge in [-0.1, -0.05) is 18.2 Å². The zero-order valence-electron chi connectivity index (χ0n) is 9.02. The van der Waals surface area contributed by atoms with Gasteiger partial charge in [-0.2, -0.15) is 0 Å². The van der Waals surface area contributed by atoms with Crippen molar-refractivity contribution in [2.75, 3.05) is 5.75 Å². The molecule has 3 rings (SSSR count). The molecule has 0 radical (unpaired) electrons. The molecule has 1 fully saturated rings. The van der Waals surface area contributed by atoms with Crippen LogP contribution in [0.5, 0.6) is 0 Å². The van der Waals surface area contributed by atoms with Gasteiger partial charge in [0.1, 0.15) is 0 Å². The summed E-state index contributed by atoms with van der Waals surface area (Å²) in [6.45, 7) is 0. The van der Waals surface area contributed by atoms with Crippen LogP contribution in [-0.4, -0.2) is 19.7 Å². The minimum Gasteiger partial charge on any atom is -0.325 e. The van der Waals surface area contributed by atoms with Crippen molar-refractivity contribution >= 4 is 9.84 Å². The number of sulfone groups is 1. The van der Waals surface area contributed by atoms with Crippen molar-refractivity contribution in [2.24, 2.45) is 5.73 Å². The Bertz CT molecular complexity index is 532. The minimum absolute atomic E-state index is 0.00227. The monoisotopic (exact) mass is 237 g/mol.